The van der Waals surface area contributed by atoms with E-state index in [-0.39, 0.29) is 11.4 Å². The molecular weight excluding hydrogens is 240 g/mol. The molecule has 1 saturated heterocycles. The molecule has 0 saturated carbocycles. The molecule has 1 aliphatic heterocycles. The number of rotatable bonds is 3. The zero-order chi connectivity index (χ0) is 14.0. The number of hydrogen-bond acceptors (Lipinski definition) is 4. The maximum atomic E-state index is 11.3. The van der Waals surface area contributed by atoms with Crippen LogP contribution in [0.4, 0.5) is 11.4 Å². The zero-order valence-corrected chi connectivity index (χ0v) is 11.8. The number of carbonyl (C=O) groups excluding carboxylic acids is 1. The lowest BCUT2D eigenvalue weighted by atomic mass is 9.93. The maximum absolute atomic E-state index is 11.3. The number of nitrogens with one attached hydrogen (secondary N) is 1. The first-order valence-electron chi connectivity index (χ1n) is 6.68. The number of anilines is 2. The monoisotopic (exact) mass is 262 g/mol. The summed E-state index contributed by atoms with van der Waals surface area (Å²) < 4.78 is 5.70. The Balaban J connectivity index is 2.07. The Kier molecular flexibility index (Phi) is 3.80. The second kappa shape index (κ2) is 5.21. The van der Waals surface area contributed by atoms with E-state index >= 15 is 0 Å². The fraction of sp³-hybridized carbons (Fsp3) is 0.533. The second-order valence-electron chi connectivity index (χ2n) is 5.80. The van der Waals surface area contributed by atoms with Crippen LogP contribution in [0.1, 0.15) is 44.0 Å². The van der Waals surface area contributed by atoms with Crippen LogP contribution in [0.2, 0.25) is 0 Å². The molecule has 4 heteroatoms. The summed E-state index contributed by atoms with van der Waals surface area (Å²) in [5.41, 5.74) is 7.89. The fourth-order valence-corrected chi connectivity index (χ4v) is 2.56. The van der Waals surface area contributed by atoms with E-state index in [1.54, 1.807) is 6.07 Å². The van der Waals surface area contributed by atoms with E-state index in [0.717, 1.165) is 25.1 Å². The highest BCUT2D eigenvalue weighted by atomic mass is 16.5. The molecule has 1 heterocycles. The predicted octanol–water partition coefficient (Wildman–Crippen LogP) is 2.84. The molecule has 0 bridgehead atoms. The van der Waals surface area contributed by atoms with Gasteiger partial charge in [0.15, 0.2) is 5.78 Å². The summed E-state index contributed by atoms with van der Waals surface area (Å²) in [5, 5.41) is 3.47. The van der Waals surface area contributed by atoms with E-state index in [9.17, 15) is 4.79 Å². The molecule has 0 spiro atoms. The fourth-order valence-electron chi connectivity index (χ4n) is 2.56. The molecule has 19 heavy (non-hydrogen) atoms. The Hall–Kier alpha value is -1.55. The number of Topliss-reactive ketones (excluding diaryl/α,β-unsaturated/α-hetero) is 1. The number of ketones is 1. The van der Waals surface area contributed by atoms with E-state index in [1.165, 1.54) is 6.92 Å². The number of benzene rings is 1. The average molecular weight is 262 g/mol. The van der Waals surface area contributed by atoms with Gasteiger partial charge in [0.2, 0.25) is 0 Å². The summed E-state index contributed by atoms with van der Waals surface area (Å²) in [4.78, 5) is 11.3. The molecule has 4 nitrogen and oxygen atoms in total. The first-order valence-corrected chi connectivity index (χ1v) is 6.68. The number of carbonyl (C=O) groups is 1. The summed E-state index contributed by atoms with van der Waals surface area (Å²) in [6.45, 7) is 6.51. The van der Waals surface area contributed by atoms with Gasteiger partial charge in [-0.3, -0.25) is 4.79 Å². The van der Waals surface area contributed by atoms with Gasteiger partial charge in [-0.15, -0.1) is 0 Å². The highest BCUT2D eigenvalue weighted by molar-refractivity contribution is 5.99. The molecule has 0 aromatic heterocycles. The molecule has 3 N–H and O–H groups in total. The lowest BCUT2D eigenvalue weighted by Crippen LogP contribution is -2.40. The molecule has 1 atom stereocenters. The van der Waals surface area contributed by atoms with E-state index in [0.29, 0.717) is 17.3 Å². The van der Waals surface area contributed by atoms with Gasteiger partial charge >= 0.3 is 0 Å². The van der Waals surface area contributed by atoms with Crippen molar-refractivity contribution >= 4 is 17.2 Å². The topological polar surface area (TPSA) is 64.3 Å². The lowest BCUT2D eigenvalue weighted by molar-refractivity contribution is -0.0553. The quantitative estimate of drug-likeness (QED) is 0.649. The highest BCUT2D eigenvalue weighted by Crippen LogP contribution is 2.27. The summed E-state index contributed by atoms with van der Waals surface area (Å²) in [6.07, 6.45) is 1.94. The van der Waals surface area contributed by atoms with Crippen LogP contribution in [0.15, 0.2) is 18.2 Å². The first-order chi connectivity index (χ1) is 8.87. The van der Waals surface area contributed by atoms with Crippen molar-refractivity contribution < 1.29 is 9.53 Å². The van der Waals surface area contributed by atoms with Crippen LogP contribution in [0, 0.1) is 0 Å². The predicted molar refractivity (Wildman–Crippen MR) is 77.5 cm³/mol. The summed E-state index contributed by atoms with van der Waals surface area (Å²) in [5.74, 6) is -0.00347. The number of hydrogen-bond donors (Lipinski definition) is 2. The first kappa shape index (κ1) is 13.9. The summed E-state index contributed by atoms with van der Waals surface area (Å²) >= 11 is 0. The zero-order valence-electron chi connectivity index (χ0n) is 11.8. The summed E-state index contributed by atoms with van der Waals surface area (Å²) in [7, 11) is 0. The number of nitrogens with two attached hydrogens (primary N) is 1. The van der Waals surface area contributed by atoms with Gasteiger partial charge in [-0.25, -0.2) is 0 Å². The molecule has 0 aliphatic carbocycles. The molecule has 1 aromatic carbocycles. The van der Waals surface area contributed by atoms with Gasteiger partial charge in [0, 0.05) is 29.6 Å². The minimum absolute atomic E-state index is 0.00347. The minimum atomic E-state index is -0.0826. The Morgan fingerprint density at radius 1 is 1.47 bits per heavy atom. The van der Waals surface area contributed by atoms with Gasteiger partial charge in [-0.05, 0) is 51.8 Å². The van der Waals surface area contributed by atoms with E-state index in [1.807, 2.05) is 12.1 Å². The van der Waals surface area contributed by atoms with Crippen LogP contribution in [-0.4, -0.2) is 24.0 Å². The van der Waals surface area contributed by atoms with Crippen molar-refractivity contribution in [3.8, 4) is 0 Å². The largest absolute Gasteiger partial charge is 0.398 e. The van der Waals surface area contributed by atoms with Gasteiger partial charge in [0.1, 0.15) is 0 Å². The molecule has 1 unspecified atom stereocenters. The van der Waals surface area contributed by atoms with Gasteiger partial charge in [-0.1, -0.05) is 0 Å². The molecule has 2 rings (SSSR count). The molecule has 1 aliphatic rings. The molecule has 104 valence electrons. The van der Waals surface area contributed by atoms with Crippen LogP contribution in [-0.2, 0) is 4.74 Å². The Labute approximate surface area is 114 Å². The van der Waals surface area contributed by atoms with Gasteiger partial charge in [0.05, 0.1) is 5.60 Å². The van der Waals surface area contributed by atoms with Crippen molar-refractivity contribution in [2.75, 3.05) is 17.7 Å². The van der Waals surface area contributed by atoms with Crippen molar-refractivity contribution in [1.29, 1.82) is 0 Å². The van der Waals surface area contributed by atoms with Crippen LogP contribution in [0.25, 0.3) is 0 Å². The van der Waals surface area contributed by atoms with Gasteiger partial charge in [-0.2, -0.15) is 0 Å². The van der Waals surface area contributed by atoms with E-state index < -0.39 is 0 Å². The van der Waals surface area contributed by atoms with Crippen molar-refractivity contribution in [3.63, 3.8) is 0 Å². The van der Waals surface area contributed by atoms with Gasteiger partial charge < -0.3 is 15.8 Å². The van der Waals surface area contributed by atoms with Crippen molar-refractivity contribution in [2.45, 2.75) is 45.3 Å². The third-order valence-electron chi connectivity index (χ3n) is 3.50. The Bertz CT molecular complexity index is 483. The standard InChI is InChI=1S/C15H22N2O2/c1-10(18)13-5-4-11(8-14(13)16)17-12-6-7-19-15(2,3)9-12/h4-5,8,12,17H,6-7,9,16H2,1-3H3. The van der Waals surface area contributed by atoms with Crippen molar-refractivity contribution in [2.24, 2.45) is 0 Å². The smallest absolute Gasteiger partial charge is 0.161 e. The third kappa shape index (κ3) is 3.47. The van der Waals surface area contributed by atoms with Crippen molar-refractivity contribution in [1.82, 2.24) is 0 Å². The average Bonchev–Trinajstić information content (AvgIpc) is 2.27. The molecule has 1 fully saturated rings. The van der Waals surface area contributed by atoms with Crippen LogP contribution in [0.3, 0.4) is 0 Å². The summed E-state index contributed by atoms with van der Waals surface area (Å²) in [6, 6.07) is 5.91. The highest BCUT2D eigenvalue weighted by Gasteiger charge is 2.28. The lowest BCUT2D eigenvalue weighted by Gasteiger charge is -2.36. The Morgan fingerprint density at radius 3 is 2.79 bits per heavy atom. The maximum Gasteiger partial charge on any atom is 0.161 e. The third-order valence-corrected chi connectivity index (χ3v) is 3.50. The number of ether oxygens (including phenoxy) is 1. The van der Waals surface area contributed by atoms with Crippen LogP contribution >= 0.6 is 0 Å². The van der Waals surface area contributed by atoms with E-state index in [4.69, 9.17) is 10.5 Å². The minimum Gasteiger partial charge on any atom is -0.398 e. The number of nitrogen functional groups attached to an aromatic ring is 1. The van der Waals surface area contributed by atoms with Crippen LogP contribution in [0.5, 0.6) is 0 Å². The van der Waals surface area contributed by atoms with Crippen LogP contribution < -0.4 is 11.1 Å². The molecule has 1 aromatic rings. The normalized spacial score (nSPS) is 21.9. The molecule has 0 radical (unpaired) electrons. The van der Waals surface area contributed by atoms with Gasteiger partial charge in [0.25, 0.3) is 0 Å². The second-order valence-corrected chi connectivity index (χ2v) is 5.80. The van der Waals surface area contributed by atoms with Crippen molar-refractivity contribution in [3.05, 3.63) is 23.8 Å². The SMILES string of the molecule is CC(=O)c1ccc(NC2CCOC(C)(C)C2)cc1N. The molecule has 0 amide bonds. The van der Waals surface area contributed by atoms with E-state index in [2.05, 4.69) is 19.2 Å². The Morgan fingerprint density at radius 2 is 2.21 bits per heavy atom. The molecular formula is C15H22N2O2.